The van der Waals surface area contributed by atoms with Crippen molar-refractivity contribution in [3.63, 3.8) is 0 Å². The predicted octanol–water partition coefficient (Wildman–Crippen LogP) is 4.06. The van der Waals surface area contributed by atoms with E-state index in [9.17, 15) is 26.4 Å². The van der Waals surface area contributed by atoms with Gasteiger partial charge in [0.1, 0.15) is 11.6 Å². The maximum atomic E-state index is 14.4. The second kappa shape index (κ2) is 9.41. The molecule has 0 aromatic heterocycles. The van der Waals surface area contributed by atoms with Crippen LogP contribution in [0.25, 0.3) is 11.1 Å². The van der Waals surface area contributed by atoms with Crippen molar-refractivity contribution in [3.8, 4) is 16.9 Å². The van der Waals surface area contributed by atoms with Gasteiger partial charge in [0.2, 0.25) is 10.0 Å². The summed E-state index contributed by atoms with van der Waals surface area (Å²) in [5.41, 5.74) is 0.295. The smallest absolute Gasteiger partial charge is 0.341 e. The van der Waals surface area contributed by atoms with Crippen LogP contribution in [0.2, 0.25) is 0 Å². The van der Waals surface area contributed by atoms with Gasteiger partial charge in [-0.1, -0.05) is 18.2 Å². The molecule has 0 saturated carbocycles. The summed E-state index contributed by atoms with van der Waals surface area (Å²) < 4.78 is 73.0. The lowest BCUT2D eigenvalue weighted by atomic mass is 10.0. The van der Waals surface area contributed by atoms with E-state index in [1.807, 2.05) is 0 Å². The number of hydrogen-bond donors (Lipinski definition) is 1. The summed E-state index contributed by atoms with van der Waals surface area (Å²) in [6.07, 6.45) is 0. The molecule has 0 aliphatic rings. The Balaban J connectivity index is 1.98. The van der Waals surface area contributed by atoms with Crippen LogP contribution in [0.1, 0.15) is 5.56 Å². The number of halogens is 3. The molecule has 0 aliphatic heterocycles. The first kappa shape index (κ1) is 23.3. The molecule has 0 saturated heterocycles. The molecule has 168 valence electrons. The molecule has 0 unspecified atom stereocenters. The third-order valence-corrected chi connectivity index (χ3v) is 6.38. The Bertz CT molecular complexity index is 1250. The van der Waals surface area contributed by atoms with Crippen molar-refractivity contribution in [1.29, 1.82) is 0 Å². The lowest BCUT2D eigenvalue weighted by Gasteiger charge is -2.19. The molecule has 0 atom stereocenters. The monoisotopic (exact) mass is 465 g/mol. The van der Waals surface area contributed by atoms with E-state index in [0.717, 1.165) is 34.6 Å². The van der Waals surface area contributed by atoms with Crippen LogP contribution in [0.15, 0.2) is 65.6 Å². The van der Waals surface area contributed by atoms with Gasteiger partial charge in [0, 0.05) is 24.7 Å². The number of benzene rings is 3. The molecule has 3 aromatic rings. The average Bonchev–Trinajstić information content (AvgIpc) is 2.75. The third kappa shape index (κ3) is 5.09. The highest BCUT2D eigenvalue weighted by molar-refractivity contribution is 7.89. The number of carboxylic acid groups (broad SMARTS) is 1. The van der Waals surface area contributed by atoms with Gasteiger partial charge in [0.25, 0.3) is 0 Å². The molecule has 0 amide bonds. The fourth-order valence-electron chi connectivity index (χ4n) is 2.99. The second-order valence-electron chi connectivity index (χ2n) is 6.83. The number of sulfonamides is 1. The van der Waals surface area contributed by atoms with E-state index in [0.29, 0.717) is 5.56 Å². The SMILES string of the molecule is CN(Cc1ccc(OCC(=O)O)c(-c2cccc(F)c2F)c1)S(=O)(=O)c1ccc(F)cc1. The molecular weight excluding hydrogens is 447 g/mol. The number of ether oxygens (including phenoxy) is 1. The molecule has 0 radical (unpaired) electrons. The van der Waals surface area contributed by atoms with E-state index in [1.165, 1.54) is 37.4 Å². The largest absolute Gasteiger partial charge is 0.481 e. The van der Waals surface area contributed by atoms with E-state index in [2.05, 4.69) is 0 Å². The number of nitrogens with zero attached hydrogens (tertiary/aromatic N) is 1. The Hall–Kier alpha value is -3.37. The molecular formula is C22H18F3NO5S. The zero-order valence-electron chi connectivity index (χ0n) is 16.8. The Kier molecular flexibility index (Phi) is 6.85. The minimum Gasteiger partial charge on any atom is -0.481 e. The molecule has 32 heavy (non-hydrogen) atoms. The number of aliphatic carboxylic acids is 1. The zero-order valence-corrected chi connectivity index (χ0v) is 17.6. The zero-order chi connectivity index (χ0) is 23.5. The lowest BCUT2D eigenvalue weighted by molar-refractivity contribution is -0.139. The summed E-state index contributed by atoms with van der Waals surface area (Å²) in [6.45, 7) is -0.856. The molecule has 0 bridgehead atoms. The Morgan fingerprint density at radius 3 is 2.34 bits per heavy atom. The number of rotatable bonds is 8. The van der Waals surface area contributed by atoms with Crippen LogP contribution in [0.3, 0.4) is 0 Å². The van der Waals surface area contributed by atoms with Gasteiger partial charge < -0.3 is 9.84 Å². The van der Waals surface area contributed by atoms with Crippen LogP contribution in [0, 0.1) is 17.5 Å². The molecule has 3 rings (SSSR count). The fraction of sp³-hybridized carbons (Fsp3) is 0.136. The molecule has 0 heterocycles. The van der Waals surface area contributed by atoms with E-state index in [1.54, 1.807) is 0 Å². The van der Waals surface area contributed by atoms with Crippen molar-refractivity contribution in [2.75, 3.05) is 13.7 Å². The molecule has 0 fully saturated rings. The fourth-order valence-corrected chi connectivity index (χ4v) is 4.15. The minimum atomic E-state index is -3.95. The first-order chi connectivity index (χ1) is 15.1. The highest BCUT2D eigenvalue weighted by Crippen LogP contribution is 2.34. The van der Waals surface area contributed by atoms with Crippen molar-refractivity contribution in [3.05, 3.63) is 83.7 Å². The molecule has 10 heteroatoms. The normalized spacial score (nSPS) is 11.5. The van der Waals surface area contributed by atoms with Gasteiger partial charge in [0.05, 0.1) is 4.90 Å². The molecule has 0 aliphatic carbocycles. The number of carbonyl (C=O) groups is 1. The van der Waals surface area contributed by atoms with Crippen LogP contribution < -0.4 is 4.74 Å². The van der Waals surface area contributed by atoms with Crippen molar-refractivity contribution >= 4 is 16.0 Å². The first-order valence-electron chi connectivity index (χ1n) is 9.23. The lowest BCUT2D eigenvalue weighted by Crippen LogP contribution is -2.26. The summed E-state index contributed by atoms with van der Waals surface area (Å²) in [6, 6.07) is 12.1. The maximum absolute atomic E-state index is 14.4. The third-order valence-electron chi connectivity index (χ3n) is 4.56. The number of hydrogen-bond acceptors (Lipinski definition) is 4. The topological polar surface area (TPSA) is 83.9 Å². The van der Waals surface area contributed by atoms with Gasteiger partial charge >= 0.3 is 5.97 Å². The van der Waals surface area contributed by atoms with E-state index in [-0.39, 0.29) is 28.3 Å². The van der Waals surface area contributed by atoms with Crippen molar-refractivity contribution in [1.82, 2.24) is 4.31 Å². The molecule has 6 nitrogen and oxygen atoms in total. The van der Waals surface area contributed by atoms with Crippen LogP contribution in [-0.2, 0) is 21.4 Å². The van der Waals surface area contributed by atoms with Gasteiger partial charge in [-0.2, -0.15) is 4.31 Å². The quantitative estimate of drug-likeness (QED) is 0.543. The van der Waals surface area contributed by atoms with Crippen molar-refractivity contribution in [2.24, 2.45) is 0 Å². The highest BCUT2D eigenvalue weighted by atomic mass is 32.2. The van der Waals surface area contributed by atoms with Crippen LogP contribution in [0.4, 0.5) is 13.2 Å². The first-order valence-corrected chi connectivity index (χ1v) is 10.7. The van der Waals surface area contributed by atoms with Gasteiger partial charge in [0.15, 0.2) is 18.2 Å². The van der Waals surface area contributed by atoms with Crippen molar-refractivity contribution < 1.29 is 36.2 Å². The Morgan fingerprint density at radius 1 is 1.00 bits per heavy atom. The van der Waals surface area contributed by atoms with E-state index < -0.39 is 40.1 Å². The molecule has 3 aromatic carbocycles. The summed E-state index contributed by atoms with van der Waals surface area (Å²) >= 11 is 0. The van der Waals surface area contributed by atoms with Gasteiger partial charge in [-0.15, -0.1) is 0 Å². The van der Waals surface area contributed by atoms with Crippen LogP contribution in [-0.4, -0.2) is 37.5 Å². The summed E-state index contributed by atoms with van der Waals surface area (Å²) in [4.78, 5) is 10.8. The Labute approximate surface area is 182 Å². The van der Waals surface area contributed by atoms with Gasteiger partial charge in [-0.3, -0.25) is 0 Å². The van der Waals surface area contributed by atoms with Crippen LogP contribution in [0.5, 0.6) is 5.75 Å². The standard InChI is InChI=1S/C22H18F3NO5S/c1-26(32(29,30)16-8-6-15(23)7-9-16)12-14-5-10-20(31-13-21(27)28)18(11-14)17-3-2-4-19(24)22(17)25/h2-11H,12-13H2,1H3,(H,27,28). The second-order valence-corrected chi connectivity index (χ2v) is 8.87. The van der Waals surface area contributed by atoms with Gasteiger partial charge in [-0.25, -0.2) is 26.4 Å². The maximum Gasteiger partial charge on any atom is 0.341 e. The van der Waals surface area contributed by atoms with Crippen LogP contribution >= 0.6 is 0 Å². The van der Waals surface area contributed by atoms with Crippen molar-refractivity contribution in [2.45, 2.75) is 11.4 Å². The Morgan fingerprint density at radius 2 is 1.69 bits per heavy atom. The highest BCUT2D eigenvalue weighted by Gasteiger charge is 2.22. The summed E-state index contributed by atoms with van der Waals surface area (Å²) in [7, 11) is -2.64. The van der Waals surface area contributed by atoms with Gasteiger partial charge in [-0.05, 0) is 48.0 Å². The van der Waals surface area contributed by atoms with E-state index in [4.69, 9.17) is 9.84 Å². The average molecular weight is 465 g/mol. The predicted molar refractivity (Wildman–Crippen MR) is 110 cm³/mol. The summed E-state index contributed by atoms with van der Waals surface area (Å²) in [5, 5.41) is 8.87. The summed E-state index contributed by atoms with van der Waals surface area (Å²) in [5.74, 6) is -4.11. The minimum absolute atomic E-state index is 0.00954. The number of carboxylic acids is 1. The molecule has 1 N–H and O–H groups in total. The molecule has 0 spiro atoms. The van der Waals surface area contributed by atoms with E-state index >= 15 is 0 Å².